The highest BCUT2D eigenvalue weighted by Crippen LogP contribution is 2.21. The summed E-state index contributed by atoms with van der Waals surface area (Å²) in [7, 11) is 2.08. The first-order chi connectivity index (χ1) is 10.2. The lowest BCUT2D eigenvalue weighted by molar-refractivity contribution is 0.841. The van der Waals surface area contributed by atoms with E-state index in [1.807, 2.05) is 24.4 Å². The smallest absolute Gasteiger partial charge is 0.129 e. The van der Waals surface area contributed by atoms with Crippen molar-refractivity contribution in [3.05, 3.63) is 66.0 Å². The molecular weight excluding hydrogens is 258 g/mol. The second kappa shape index (κ2) is 5.92. The van der Waals surface area contributed by atoms with Gasteiger partial charge in [0.25, 0.3) is 0 Å². The Morgan fingerprint density at radius 2 is 1.86 bits per heavy atom. The predicted molar refractivity (Wildman–Crippen MR) is 87.7 cm³/mol. The van der Waals surface area contributed by atoms with Gasteiger partial charge in [0.05, 0.1) is 5.52 Å². The molecule has 0 fully saturated rings. The number of anilines is 1. The van der Waals surface area contributed by atoms with E-state index >= 15 is 0 Å². The molecule has 0 aliphatic carbocycles. The molecule has 21 heavy (non-hydrogen) atoms. The number of hydrogen-bond acceptors (Lipinski definition) is 3. The van der Waals surface area contributed by atoms with Crippen molar-refractivity contribution in [1.82, 2.24) is 9.97 Å². The lowest BCUT2D eigenvalue weighted by Crippen LogP contribution is -2.21. The minimum absolute atomic E-state index is 0.905. The molecule has 0 aliphatic rings. The van der Waals surface area contributed by atoms with E-state index in [-0.39, 0.29) is 0 Å². The lowest BCUT2D eigenvalue weighted by Gasteiger charge is -2.19. The molecule has 1 aromatic carbocycles. The van der Waals surface area contributed by atoms with Crippen LogP contribution in [0.25, 0.3) is 10.9 Å². The molecule has 0 N–H and O–H groups in total. The van der Waals surface area contributed by atoms with E-state index < -0.39 is 0 Å². The van der Waals surface area contributed by atoms with Crippen LogP contribution in [-0.2, 0) is 6.42 Å². The van der Waals surface area contributed by atoms with Crippen molar-refractivity contribution < 1.29 is 0 Å². The fraction of sp³-hybridized carbons (Fsp3) is 0.222. The zero-order valence-electron chi connectivity index (χ0n) is 12.5. The number of hydrogen-bond donors (Lipinski definition) is 0. The van der Waals surface area contributed by atoms with Gasteiger partial charge in [-0.2, -0.15) is 0 Å². The maximum absolute atomic E-state index is 4.75. The average molecular weight is 277 g/mol. The van der Waals surface area contributed by atoms with Crippen molar-refractivity contribution in [3.63, 3.8) is 0 Å². The van der Waals surface area contributed by atoms with Crippen LogP contribution in [0.1, 0.15) is 11.3 Å². The molecule has 2 heterocycles. The number of likely N-dealkylation sites (N-methyl/N-ethyl adjacent to an activating group) is 1. The molecule has 0 atom stereocenters. The minimum Gasteiger partial charge on any atom is -0.359 e. The summed E-state index contributed by atoms with van der Waals surface area (Å²) in [5.74, 6) is 1.02. The average Bonchev–Trinajstić information content (AvgIpc) is 2.53. The number of rotatable bonds is 4. The number of fused-ring (bicyclic) bond motifs is 1. The maximum atomic E-state index is 4.75. The Kier molecular flexibility index (Phi) is 3.82. The van der Waals surface area contributed by atoms with Crippen LogP contribution in [0.2, 0.25) is 0 Å². The Morgan fingerprint density at radius 3 is 2.67 bits per heavy atom. The van der Waals surface area contributed by atoms with Crippen molar-refractivity contribution >= 4 is 16.7 Å². The van der Waals surface area contributed by atoms with E-state index in [9.17, 15) is 0 Å². The summed E-state index contributed by atoms with van der Waals surface area (Å²) in [5, 5.41) is 1.22. The lowest BCUT2D eigenvalue weighted by atomic mass is 10.1. The normalized spacial score (nSPS) is 10.8. The van der Waals surface area contributed by atoms with Crippen LogP contribution in [-0.4, -0.2) is 23.6 Å². The van der Waals surface area contributed by atoms with Crippen LogP contribution in [0, 0.1) is 6.92 Å². The molecule has 2 aromatic heterocycles. The molecule has 0 bridgehead atoms. The SMILES string of the molecule is Cc1cc(N(C)CCc2ccccn2)nc2ccccc12. The Hall–Kier alpha value is -2.42. The molecule has 0 radical (unpaired) electrons. The highest BCUT2D eigenvalue weighted by molar-refractivity contribution is 5.83. The highest BCUT2D eigenvalue weighted by Gasteiger charge is 2.07. The number of pyridine rings is 2. The molecule has 0 amide bonds. The van der Waals surface area contributed by atoms with Gasteiger partial charge in [-0.25, -0.2) is 4.98 Å². The van der Waals surface area contributed by atoms with Gasteiger partial charge in [0.15, 0.2) is 0 Å². The third-order valence-electron chi connectivity index (χ3n) is 3.73. The van der Waals surface area contributed by atoms with Gasteiger partial charge in [0.2, 0.25) is 0 Å². The number of nitrogens with zero attached hydrogens (tertiary/aromatic N) is 3. The minimum atomic E-state index is 0.905. The summed E-state index contributed by atoms with van der Waals surface area (Å²) in [6.45, 7) is 3.04. The summed E-state index contributed by atoms with van der Waals surface area (Å²) in [5.41, 5.74) is 3.43. The Bertz CT molecular complexity index is 738. The summed E-state index contributed by atoms with van der Waals surface area (Å²) in [6.07, 6.45) is 2.76. The molecule has 3 nitrogen and oxygen atoms in total. The summed E-state index contributed by atoms with van der Waals surface area (Å²) in [6, 6.07) is 16.5. The number of aromatic nitrogens is 2. The quantitative estimate of drug-likeness (QED) is 0.729. The van der Waals surface area contributed by atoms with Gasteiger partial charge in [-0.3, -0.25) is 4.98 Å². The van der Waals surface area contributed by atoms with Crippen LogP contribution in [0.15, 0.2) is 54.7 Å². The first-order valence-corrected chi connectivity index (χ1v) is 7.21. The topological polar surface area (TPSA) is 29.0 Å². The van der Waals surface area contributed by atoms with Crippen molar-refractivity contribution in [2.45, 2.75) is 13.3 Å². The zero-order valence-corrected chi connectivity index (χ0v) is 12.5. The van der Waals surface area contributed by atoms with E-state index in [0.29, 0.717) is 0 Å². The molecule has 0 saturated carbocycles. The second-order valence-electron chi connectivity index (χ2n) is 5.31. The third kappa shape index (κ3) is 3.02. The van der Waals surface area contributed by atoms with Gasteiger partial charge in [-0.15, -0.1) is 0 Å². The predicted octanol–water partition coefficient (Wildman–Crippen LogP) is 3.62. The van der Waals surface area contributed by atoms with Crippen LogP contribution < -0.4 is 4.90 Å². The van der Waals surface area contributed by atoms with E-state index in [4.69, 9.17) is 4.98 Å². The number of benzene rings is 1. The van der Waals surface area contributed by atoms with Crippen LogP contribution in [0.5, 0.6) is 0 Å². The highest BCUT2D eigenvalue weighted by atomic mass is 15.2. The third-order valence-corrected chi connectivity index (χ3v) is 3.73. The molecule has 0 spiro atoms. The van der Waals surface area contributed by atoms with Crippen molar-refractivity contribution in [3.8, 4) is 0 Å². The summed E-state index contributed by atoms with van der Waals surface area (Å²) < 4.78 is 0. The first kappa shape index (κ1) is 13.6. The van der Waals surface area contributed by atoms with Crippen LogP contribution in [0.4, 0.5) is 5.82 Å². The standard InChI is InChI=1S/C18H19N3/c1-14-13-18(20-17-9-4-3-8-16(14)17)21(2)12-10-15-7-5-6-11-19-15/h3-9,11,13H,10,12H2,1-2H3. The first-order valence-electron chi connectivity index (χ1n) is 7.21. The largest absolute Gasteiger partial charge is 0.359 e. The summed E-state index contributed by atoms with van der Waals surface area (Å²) >= 11 is 0. The fourth-order valence-corrected chi connectivity index (χ4v) is 2.47. The molecule has 3 heteroatoms. The van der Waals surface area contributed by atoms with Crippen molar-refractivity contribution in [2.24, 2.45) is 0 Å². The van der Waals surface area contributed by atoms with Gasteiger partial charge >= 0.3 is 0 Å². The van der Waals surface area contributed by atoms with Crippen molar-refractivity contribution in [2.75, 3.05) is 18.5 Å². The van der Waals surface area contributed by atoms with Gasteiger partial charge in [0.1, 0.15) is 5.82 Å². The monoisotopic (exact) mass is 277 g/mol. The molecular formula is C18H19N3. The van der Waals surface area contributed by atoms with E-state index in [1.165, 1.54) is 10.9 Å². The second-order valence-corrected chi connectivity index (χ2v) is 5.31. The van der Waals surface area contributed by atoms with Gasteiger partial charge in [0, 0.05) is 37.3 Å². The van der Waals surface area contributed by atoms with Crippen LogP contribution in [0.3, 0.4) is 0 Å². The van der Waals surface area contributed by atoms with Gasteiger partial charge in [-0.1, -0.05) is 24.3 Å². The summed E-state index contributed by atoms with van der Waals surface area (Å²) in [4.78, 5) is 11.3. The van der Waals surface area contributed by atoms with E-state index in [0.717, 1.165) is 30.0 Å². The Balaban J connectivity index is 1.80. The van der Waals surface area contributed by atoms with Crippen LogP contribution >= 0.6 is 0 Å². The van der Waals surface area contributed by atoms with E-state index in [1.54, 1.807) is 0 Å². The Labute approximate surface area is 125 Å². The molecule has 0 aliphatic heterocycles. The molecule has 3 aromatic rings. The number of para-hydroxylation sites is 1. The zero-order chi connectivity index (χ0) is 14.7. The fourth-order valence-electron chi connectivity index (χ4n) is 2.47. The van der Waals surface area contributed by atoms with E-state index in [2.05, 4.69) is 54.2 Å². The molecule has 0 saturated heterocycles. The van der Waals surface area contributed by atoms with Gasteiger partial charge in [-0.05, 0) is 36.8 Å². The molecule has 3 rings (SSSR count). The Morgan fingerprint density at radius 1 is 1.05 bits per heavy atom. The maximum Gasteiger partial charge on any atom is 0.129 e. The molecule has 106 valence electrons. The van der Waals surface area contributed by atoms with Crippen molar-refractivity contribution in [1.29, 1.82) is 0 Å². The van der Waals surface area contributed by atoms with Gasteiger partial charge < -0.3 is 4.90 Å². The number of aryl methyl sites for hydroxylation is 1. The molecule has 0 unspecified atom stereocenters.